The average Bonchev–Trinajstić information content (AvgIpc) is 2.96. The Hall–Kier alpha value is -1.55. The van der Waals surface area contributed by atoms with Crippen LogP contribution in [-0.2, 0) is 0 Å². The van der Waals surface area contributed by atoms with E-state index in [1.54, 1.807) is 0 Å². The molecule has 0 spiro atoms. The van der Waals surface area contributed by atoms with E-state index in [4.69, 9.17) is 5.73 Å². The predicted molar refractivity (Wildman–Crippen MR) is 83.1 cm³/mol. The van der Waals surface area contributed by atoms with Crippen LogP contribution >= 0.6 is 0 Å². The van der Waals surface area contributed by atoms with Crippen LogP contribution in [0, 0.1) is 5.92 Å². The minimum atomic E-state index is 0.130. The number of nitrogens with zero attached hydrogens (tertiary/aromatic N) is 2. The molecule has 0 aliphatic carbocycles. The topological polar surface area (TPSA) is 49.6 Å². The lowest BCUT2D eigenvalue weighted by Gasteiger charge is -2.20. The van der Waals surface area contributed by atoms with Crippen molar-refractivity contribution < 1.29 is 4.79 Å². The van der Waals surface area contributed by atoms with Crippen molar-refractivity contribution in [1.29, 1.82) is 0 Å². The van der Waals surface area contributed by atoms with Gasteiger partial charge in [0.15, 0.2) is 0 Å². The van der Waals surface area contributed by atoms with Gasteiger partial charge in [-0.25, -0.2) is 0 Å². The molecule has 2 N–H and O–H groups in total. The number of anilines is 1. The van der Waals surface area contributed by atoms with Gasteiger partial charge in [-0.3, -0.25) is 4.79 Å². The van der Waals surface area contributed by atoms with Crippen LogP contribution in [0.1, 0.15) is 30.1 Å². The zero-order valence-electron chi connectivity index (χ0n) is 12.5. The Morgan fingerprint density at radius 1 is 1.40 bits per heavy atom. The minimum Gasteiger partial charge on any atom is -0.375 e. The van der Waals surface area contributed by atoms with Gasteiger partial charge in [0.05, 0.1) is 0 Å². The summed E-state index contributed by atoms with van der Waals surface area (Å²) in [5.41, 5.74) is 7.60. The van der Waals surface area contributed by atoms with Gasteiger partial charge in [0.25, 0.3) is 5.91 Å². The number of nitrogens with two attached hydrogens (primary N) is 1. The first-order valence-electron chi connectivity index (χ1n) is 7.46. The highest BCUT2D eigenvalue weighted by molar-refractivity contribution is 5.94. The molecule has 20 heavy (non-hydrogen) atoms. The van der Waals surface area contributed by atoms with Crippen LogP contribution in [-0.4, -0.2) is 44.0 Å². The predicted octanol–water partition coefficient (Wildman–Crippen LogP) is 1.95. The summed E-state index contributed by atoms with van der Waals surface area (Å²) in [5.74, 6) is 0.597. The van der Waals surface area contributed by atoms with Crippen LogP contribution < -0.4 is 10.6 Å². The molecular formula is C16H25N3O. The number of carbonyl (C=O) groups excluding carboxylic acids is 1. The van der Waals surface area contributed by atoms with Gasteiger partial charge in [-0.15, -0.1) is 0 Å². The van der Waals surface area contributed by atoms with Crippen molar-refractivity contribution in [2.24, 2.45) is 11.7 Å². The molecule has 110 valence electrons. The van der Waals surface area contributed by atoms with Crippen LogP contribution in [0.25, 0.3) is 0 Å². The van der Waals surface area contributed by atoms with Crippen molar-refractivity contribution in [3.63, 3.8) is 0 Å². The molecule has 1 fully saturated rings. The molecule has 4 nitrogen and oxygen atoms in total. The van der Waals surface area contributed by atoms with E-state index in [0.717, 1.165) is 43.7 Å². The number of rotatable bonds is 5. The van der Waals surface area contributed by atoms with Gasteiger partial charge in [0, 0.05) is 37.9 Å². The zero-order valence-corrected chi connectivity index (χ0v) is 12.5. The lowest BCUT2D eigenvalue weighted by atomic mass is 10.1. The molecule has 4 heteroatoms. The fourth-order valence-electron chi connectivity index (χ4n) is 2.72. The van der Waals surface area contributed by atoms with Crippen molar-refractivity contribution in [3.05, 3.63) is 29.8 Å². The van der Waals surface area contributed by atoms with Gasteiger partial charge in [0.2, 0.25) is 0 Å². The smallest absolute Gasteiger partial charge is 0.253 e. The Morgan fingerprint density at radius 3 is 2.65 bits per heavy atom. The molecule has 0 radical (unpaired) electrons. The number of carbonyl (C=O) groups is 1. The van der Waals surface area contributed by atoms with Crippen LogP contribution in [0.5, 0.6) is 0 Å². The van der Waals surface area contributed by atoms with Gasteiger partial charge in [0.1, 0.15) is 0 Å². The maximum absolute atomic E-state index is 12.4. The standard InChI is InChI=1S/C16H25N3O/c1-3-9-18(2)15-6-4-14(5-7-15)16(20)19-10-8-13(11-17)12-19/h4-7,13H,3,8-12,17H2,1-2H3. The van der Waals surface area contributed by atoms with E-state index in [1.807, 2.05) is 29.2 Å². The number of likely N-dealkylation sites (tertiary alicyclic amines) is 1. The third-order valence-electron chi connectivity index (χ3n) is 4.02. The second-order valence-electron chi connectivity index (χ2n) is 5.61. The molecule has 1 unspecified atom stereocenters. The van der Waals surface area contributed by atoms with Crippen molar-refractivity contribution in [3.8, 4) is 0 Å². The molecule has 1 atom stereocenters. The first-order valence-corrected chi connectivity index (χ1v) is 7.46. The highest BCUT2D eigenvalue weighted by atomic mass is 16.2. The fraction of sp³-hybridized carbons (Fsp3) is 0.562. The third-order valence-corrected chi connectivity index (χ3v) is 4.02. The Kier molecular flexibility index (Phi) is 5.01. The van der Waals surface area contributed by atoms with Crippen LogP contribution in [0.3, 0.4) is 0 Å². The molecule has 1 aromatic rings. The molecular weight excluding hydrogens is 250 g/mol. The summed E-state index contributed by atoms with van der Waals surface area (Å²) in [6.07, 6.45) is 2.14. The van der Waals surface area contributed by atoms with E-state index in [1.165, 1.54) is 0 Å². The second kappa shape index (κ2) is 6.75. The van der Waals surface area contributed by atoms with Crippen molar-refractivity contribution >= 4 is 11.6 Å². The molecule has 0 aromatic heterocycles. The molecule has 1 amide bonds. The molecule has 1 aliphatic rings. The van der Waals surface area contributed by atoms with E-state index in [0.29, 0.717) is 12.5 Å². The average molecular weight is 275 g/mol. The number of hydrogen-bond acceptors (Lipinski definition) is 3. The zero-order chi connectivity index (χ0) is 14.5. The summed E-state index contributed by atoms with van der Waals surface area (Å²) in [5, 5.41) is 0. The maximum atomic E-state index is 12.4. The first-order chi connectivity index (χ1) is 9.65. The molecule has 1 aromatic carbocycles. The summed E-state index contributed by atoms with van der Waals surface area (Å²) in [6.45, 7) is 5.49. The molecule has 2 rings (SSSR count). The van der Waals surface area contributed by atoms with Crippen LogP contribution in [0.2, 0.25) is 0 Å². The van der Waals surface area contributed by atoms with Crippen LogP contribution in [0.4, 0.5) is 5.69 Å². The quantitative estimate of drug-likeness (QED) is 0.893. The largest absolute Gasteiger partial charge is 0.375 e. The summed E-state index contributed by atoms with van der Waals surface area (Å²) < 4.78 is 0. The summed E-state index contributed by atoms with van der Waals surface area (Å²) >= 11 is 0. The van der Waals surface area contributed by atoms with Gasteiger partial charge in [-0.2, -0.15) is 0 Å². The van der Waals surface area contributed by atoms with E-state index in [2.05, 4.69) is 18.9 Å². The summed E-state index contributed by atoms with van der Waals surface area (Å²) in [6, 6.07) is 7.91. The normalized spacial score (nSPS) is 18.4. The van der Waals surface area contributed by atoms with Gasteiger partial charge in [-0.05, 0) is 49.6 Å². The highest BCUT2D eigenvalue weighted by Gasteiger charge is 2.25. The SMILES string of the molecule is CCCN(C)c1ccc(C(=O)N2CCC(CN)C2)cc1. The molecule has 0 bridgehead atoms. The van der Waals surface area contributed by atoms with Crippen molar-refractivity contribution in [1.82, 2.24) is 4.90 Å². The summed E-state index contributed by atoms with van der Waals surface area (Å²) in [4.78, 5) is 16.5. The highest BCUT2D eigenvalue weighted by Crippen LogP contribution is 2.20. The number of hydrogen-bond donors (Lipinski definition) is 1. The summed E-state index contributed by atoms with van der Waals surface area (Å²) in [7, 11) is 2.08. The molecule has 0 saturated carbocycles. The first kappa shape index (κ1) is 14.9. The lowest BCUT2D eigenvalue weighted by Crippen LogP contribution is -2.29. The van der Waals surface area contributed by atoms with Crippen molar-refractivity contribution in [2.45, 2.75) is 19.8 Å². The van der Waals surface area contributed by atoms with Gasteiger partial charge in [-0.1, -0.05) is 6.92 Å². The second-order valence-corrected chi connectivity index (χ2v) is 5.61. The van der Waals surface area contributed by atoms with E-state index in [9.17, 15) is 4.79 Å². The fourth-order valence-corrected chi connectivity index (χ4v) is 2.72. The van der Waals surface area contributed by atoms with E-state index in [-0.39, 0.29) is 5.91 Å². The lowest BCUT2D eigenvalue weighted by molar-refractivity contribution is 0.0787. The maximum Gasteiger partial charge on any atom is 0.253 e. The Balaban J connectivity index is 2.01. The molecule has 1 heterocycles. The third kappa shape index (κ3) is 3.31. The minimum absolute atomic E-state index is 0.130. The Bertz CT molecular complexity index is 444. The number of amides is 1. The number of benzene rings is 1. The molecule has 1 aliphatic heterocycles. The monoisotopic (exact) mass is 275 g/mol. The van der Waals surface area contributed by atoms with E-state index >= 15 is 0 Å². The van der Waals surface area contributed by atoms with E-state index < -0.39 is 0 Å². The van der Waals surface area contributed by atoms with Crippen molar-refractivity contribution in [2.75, 3.05) is 38.1 Å². The van der Waals surface area contributed by atoms with Gasteiger partial charge >= 0.3 is 0 Å². The van der Waals surface area contributed by atoms with Crippen LogP contribution in [0.15, 0.2) is 24.3 Å². The molecule has 1 saturated heterocycles. The Morgan fingerprint density at radius 2 is 2.10 bits per heavy atom. The Labute approximate surface area is 121 Å². The van der Waals surface area contributed by atoms with Gasteiger partial charge < -0.3 is 15.5 Å².